The van der Waals surface area contributed by atoms with Crippen molar-refractivity contribution in [3.8, 4) is 0 Å². The molecule has 0 bridgehead atoms. The van der Waals surface area contributed by atoms with Gasteiger partial charge in [-0.05, 0) is 13.0 Å². The summed E-state index contributed by atoms with van der Waals surface area (Å²) >= 11 is 0. The van der Waals surface area contributed by atoms with E-state index >= 15 is 0 Å². The number of hydrogen-bond acceptors (Lipinski definition) is 4. The van der Waals surface area contributed by atoms with Gasteiger partial charge < -0.3 is 4.42 Å². The summed E-state index contributed by atoms with van der Waals surface area (Å²) in [5.41, 5.74) is -3.69. The second kappa shape index (κ2) is 5.39. The Morgan fingerprint density at radius 2 is 1.73 bits per heavy atom. The third-order valence-electron chi connectivity index (χ3n) is 3.77. The zero-order valence-electron chi connectivity index (χ0n) is 11.9. The Balaban J connectivity index is 2.13. The largest absolute Gasteiger partial charge is 0.424 e. The van der Waals surface area contributed by atoms with E-state index in [1.165, 1.54) is 0 Å². The molecular formula is C12H15F6N3O. The van der Waals surface area contributed by atoms with Crippen molar-refractivity contribution in [2.24, 2.45) is 5.41 Å². The Kier molecular flexibility index (Phi) is 4.18. The zero-order valence-corrected chi connectivity index (χ0v) is 11.9. The second-order valence-corrected chi connectivity index (χ2v) is 5.73. The lowest BCUT2D eigenvalue weighted by Gasteiger charge is -2.33. The van der Waals surface area contributed by atoms with Crippen LogP contribution in [0.2, 0.25) is 0 Å². The lowest BCUT2D eigenvalue weighted by Crippen LogP contribution is -2.51. The van der Waals surface area contributed by atoms with Crippen LogP contribution in [-0.4, -0.2) is 40.5 Å². The molecule has 1 aliphatic heterocycles. The first-order chi connectivity index (χ1) is 9.96. The van der Waals surface area contributed by atoms with Gasteiger partial charge in [-0.1, -0.05) is 13.8 Å². The fourth-order valence-corrected chi connectivity index (χ4v) is 2.40. The molecule has 0 atom stereocenters. The van der Waals surface area contributed by atoms with E-state index in [0.29, 0.717) is 5.89 Å². The molecule has 2 rings (SSSR count). The predicted octanol–water partition coefficient (Wildman–Crippen LogP) is 3.51. The number of rotatable bonds is 3. The van der Waals surface area contributed by atoms with Gasteiger partial charge in [0.25, 0.3) is 0 Å². The maximum absolute atomic E-state index is 12.9. The first-order valence-corrected chi connectivity index (χ1v) is 6.64. The molecule has 10 heteroatoms. The van der Waals surface area contributed by atoms with Crippen LogP contribution in [0.5, 0.6) is 0 Å². The average Bonchev–Trinajstić information content (AvgIpc) is 2.94. The number of nitrogens with zero attached hydrogens (tertiary/aromatic N) is 3. The fourth-order valence-electron chi connectivity index (χ4n) is 2.40. The summed E-state index contributed by atoms with van der Waals surface area (Å²) in [6.45, 7) is 1.85. The lowest BCUT2D eigenvalue weighted by molar-refractivity contribution is -0.335. The smallest absolute Gasteiger partial charge is 0.404 e. The Bertz CT molecular complexity index is 508. The molecule has 1 aromatic heterocycles. The maximum atomic E-state index is 12.9. The number of alkyl halides is 6. The predicted molar refractivity (Wildman–Crippen MR) is 62.8 cm³/mol. The van der Waals surface area contributed by atoms with E-state index in [9.17, 15) is 26.3 Å². The van der Waals surface area contributed by atoms with Gasteiger partial charge in [0.15, 0.2) is 5.41 Å². The molecule has 0 unspecified atom stereocenters. The van der Waals surface area contributed by atoms with Crippen LogP contribution in [0.15, 0.2) is 4.42 Å². The fraction of sp³-hybridized carbons (Fsp3) is 0.833. The molecule has 0 radical (unpaired) electrons. The molecule has 2 heterocycles. The van der Waals surface area contributed by atoms with E-state index < -0.39 is 30.7 Å². The van der Waals surface area contributed by atoms with E-state index in [0.717, 1.165) is 4.90 Å². The highest BCUT2D eigenvalue weighted by atomic mass is 19.4. The molecule has 0 aromatic carbocycles. The molecule has 1 saturated heterocycles. The Hall–Kier alpha value is -1.32. The standard InChI is InChI=1S/C12H15F6N3O/c1-7(2)9-20-19-8(22-9)5-21-4-3-10(6-21,11(13,14)15)12(16,17)18/h7H,3-6H2,1-2H3. The van der Waals surface area contributed by atoms with Crippen LogP contribution in [0.4, 0.5) is 26.3 Å². The van der Waals surface area contributed by atoms with Gasteiger partial charge in [-0.25, -0.2) is 0 Å². The summed E-state index contributed by atoms with van der Waals surface area (Å²) < 4.78 is 82.8. The first kappa shape index (κ1) is 17.0. The zero-order chi connectivity index (χ0) is 16.8. The van der Waals surface area contributed by atoms with Crippen LogP contribution in [0, 0.1) is 5.41 Å². The van der Waals surface area contributed by atoms with Crippen LogP contribution >= 0.6 is 0 Å². The number of hydrogen-bond donors (Lipinski definition) is 0. The third-order valence-corrected chi connectivity index (χ3v) is 3.77. The summed E-state index contributed by atoms with van der Waals surface area (Å²) in [6, 6.07) is 0. The molecule has 0 saturated carbocycles. The molecule has 0 spiro atoms. The topological polar surface area (TPSA) is 42.2 Å². The molecule has 4 nitrogen and oxygen atoms in total. The molecule has 22 heavy (non-hydrogen) atoms. The highest BCUT2D eigenvalue weighted by Gasteiger charge is 2.72. The summed E-state index contributed by atoms with van der Waals surface area (Å²) in [5.74, 6) is 0.250. The van der Waals surface area contributed by atoms with E-state index in [4.69, 9.17) is 4.42 Å². The summed E-state index contributed by atoms with van der Waals surface area (Å²) in [4.78, 5) is 1.04. The minimum Gasteiger partial charge on any atom is -0.424 e. The molecule has 1 fully saturated rings. The van der Waals surface area contributed by atoms with Gasteiger partial charge in [0.2, 0.25) is 11.8 Å². The van der Waals surface area contributed by atoms with Crippen molar-refractivity contribution < 1.29 is 30.8 Å². The molecule has 126 valence electrons. The molecule has 0 N–H and O–H groups in total. The van der Waals surface area contributed by atoms with Crippen molar-refractivity contribution in [2.75, 3.05) is 13.1 Å². The Labute approximate surface area is 122 Å². The van der Waals surface area contributed by atoms with E-state index in [1.807, 2.05) is 0 Å². The summed E-state index contributed by atoms with van der Waals surface area (Å²) in [5, 5.41) is 7.36. The summed E-state index contributed by atoms with van der Waals surface area (Å²) in [7, 11) is 0. The Morgan fingerprint density at radius 3 is 2.14 bits per heavy atom. The minimum atomic E-state index is -5.35. The van der Waals surface area contributed by atoms with Crippen LogP contribution < -0.4 is 0 Å². The van der Waals surface area contributed by atoms with Gasteiger partial charge in [0.05, 0.1) is 6.54 Å². The Morgan fingerprint density at radius 1 is 1.14 bits per heavy atom. The highest BCUT2D eigenvalue weighted by Crippen LogP contribution is 2.55. The first-order valence-electron chi connectivity index (χ1n) is 6.64. The van der Waals surface area contributed by atoms with Crippen LogP contribution in [0.1, 0.15) is 38.0 Å². The van der Waals surface area contributed by atoms with Crippen LogP contribution in [-0.2, 0) is 6.54 Å². The lowest BCUT2D eigenvalue weighted by atomic mass is 9.85. The second-order valence-electron chi connectivity index (χ2n) is 5.73. The SMILES string of the molecule is CC(C)c1nnc(CN2CCC(C(F)(F)F)(C(F)(F)F)C2)o1. The highest BCUT2D eigenvalue weighted by molar-refractivity contribution is 5.01. The minimum absolute atomic E-state index is 0.0175. The number of aromatic nitrogens is 2. The van der Waals surface area contributed by atoms with Gasteiger partial charge in [-0.15, -0.1) is 10.2 Å². The molecule has 0 amide bonds. The van der Waals surface area contributed by atoms with E-state index in [1.54, 1.807) is 13.8 Å². The molecule has 1 aromatic rings. The van der Waals surface area contributed by atoms with Crippen LogP contribution in [0.3, 0.4) is 0 Å². The molecule has 1 aliphatic rings. The van der Waals surface area contributed by atoms with Crippen molar-refractivity contribution >= 4 is 0 Å². The van der Waals surface area contributed by atoms with Gasteiger partial charge in [0.1, 0.15) is 0 Å². The van der Waals surface area contributed by atoms with Gasteiger partial charge in [0, 0.05) is 12.5 Å². The maximum Gasteiger partial charge on any atom is 0.404 e. The van der Waals surface area contributed by atoms with Crippen molar-refractivity contribution in [2.45, 2.75) is 45.1 Å². The van der Waals surface area contributed by atoms with Crippen molar-refractivity contribution in [1.82, 2.24) is 15.1 Å². The van der Waals surface area contributed by atoms with Crippen molar-refractivity contribution in [3.63, 3.8) is 0 Å². The monoisotopic (exact) mass is 331 g/mol. The summed E-state index contributed by atoms with van der Waals surface area (Å²) in [6.07, 6.45) is -11.7. The molecule has 0 aliphatic carbocycles. The normalized spacial score (nSPS) is 20.0. The third kappa shape index (κ3) is 2.92. The van der Waals surface area contributed by atoms with Crippen molar-refractivity contribution in [3.05, 3.63) is 11.8 Å². The molecular weight excluding hydrogens is 316 g/mol. The van der Waals surface area contributed by atoms with Crippen LogP contribution in [0.25, 0.3) is 0 Å². The van der Waals surface area contributed by atoms with E-state index in [-0.39, 0.29) is 24.9 Å². The quantitative estimate of drug-likeness (QED) is 0.795. The van der Waals surface area contributed by atoms with Gasteiger partial charge in [-0.3, -0.25) is 4.90 Å². The number of likely N-dealkylation sites (tertiary alicyclic amines) is 1. The van der Waals surface area contributed by atoms with Crippen molar-refractivity contribution in [1.29, 1.82) is 0 Å². The van der Waals surface area contributed by atoms with Gasteiger partial charge in [-0.2, -0.15) is 26.3 Å². The number of halogens is 6. The van der Waals surface area contributed by atoms with Gasteiger partial charge >= 0.3 is 12.4 Å². The van der Waals surface area contributed by atoms with E-state index in [2.05, 4.69) is 10.2 Å². The average molecular weight is 331 g/mol.